The van der Waals surface area contributed by atoms with Crippen molar-refractivity contribution in [2.75, 3.05) is 31.5 Å². The Balaban J connectivity index is 1.35. The van der Waals surface area contributed by atoms with Crippen LogP contribution in [0.2, 0.25) is 0 Å². The molecule has 27 heavy (non-hydrogen) atoms. The number of hydrogen-bond donors (Lipinski definition) is 1. The number of carbonyl (C=O) groups excluding carboxylic acids is 2. The van der Waals surface area contributed by atoms with Gasteiger partial charge in [0, 0.05) is 38.4 Å². The van der Waals surface area contributed by atoms with Gasteiger partial charge in [0.25, 0.3) is 5.91 Å². The molecule has 1 saturated heterocycles. The fourth-order valence-corrected chi connectivity index (χ4v) is 3.81. The van der Waals surface area contributed by atoms with Gasteiger partial charge in [-0.2, -0.15) is 5.10 Å². The maximum atomic E-state index is 12.9. The second kappa shape index (κ2) is 7.42. The van der Waals surface area contributed by atoms with E-state index in [9.17, 15) is 9.59 Å². The van der Waals surface area contributed by atoms with Crippen LogP contribution in [0.5, 0.6) is 0 Å². The second-order valence-electron chi connectivity index (χ2n) is 7.26. The van der Waals surface area contributed by atoms with Crippen LogP contribution in [0.15, 0.2) is 30.5 Å². The number of rotatable bonds is 2. The fraction of sp³-hybridized carbons (Fsp3) is 0.450. The molecular formula is C20H25N5O2. The molecule has 4 rings (SSSR count). The molecule has 2 aromatic rings. The average molecular weight is 367 g/mol. The summed E-state index contributed by atoms with van der Waals surface area (Å²) in [6.07, 6.45) is 4.86. The number of amides is 3. The summed E-state index contributed by atoms with van der Waals surface area (Å²) in [5, 5.41) is 7.30. The summed E-state index contributed by atoms with van der Waals surface area (Å²) in [5.41, 5.74) is 3.69. The van der Waals surface area contributed by atoms with Gasteiger partial charge in [-0.25, -0.2) is 4.79 Å². The first-order valence-electron chi connectivity index (χ1n) is 9.58. The van der Waals surface area contributed by atoms with E-state index in [0.29, 0.717) is 26.2 Å². The van der Waals surface area contributed by atoms with Gasteiger partial charge in [-0.05, 0) is 43.9 Å². The Morgan fingerprint density at radius 2 is 1.81 bits per heavy atom. The van der Waals surface area contributed by atoms with Crippen LogP contribution in [0, 0.1) is 6.92 Å². The lowest BCUT2D eigenvalue weighted by molar-refractivity contribution is 0.0670. The van der Waals surface area contributed by atoms with Gasteiger partial charge >= 0.3 is 6.03 Å². The molecule has 0 bridgehead atoms. The number of piperazine rings is 1. The maximum absolute atomic E-state index is 12.9. The average Bonchev–Trinajstić information content (AvgIpc) is 3.12. The predicted octanol–water partition coefficient (Wildman–Crippen LogP) is 2.52. The number of fused-ring (bicyclic) bond motifs is 1. The summed E-state index contributed by atoms with van der Waals surface area (Å²) >= 11 is 0. The zero-order chi connectivity index (χ0) is 18.8. The van der Waals surface area contributed by atoms with Gasteiger partial charge in [-0.3, -0.25) is 9.48 Å². The number of urea groups is 1. The number of benzene rings is 1. The molecule has 1 aromatic carbocycles. The van der Waals surface area contributed by atoms with Crippen molar-refractivity contribution in [1.29, 1.82) is 0 Å². The first-order chi connectivity index (χ1) is 13.1. The molecule has 0 radical (unpaired) electrons. The summed E-state index contributed by atoms with van der Waals surface area (Å²) in [4.78, 5) is 29.0. The van der Waals surface area contributed by atoms with Crippen LogP contribution >= 0.6 is 0 Å². The minimum Gasteiger partial charge on any atom is -0.335 e. The van der Waals surface area contributed by atoms with Gasteiger partial charge in [0.05, 0.1) is 17.5 Å². The molecule has 1 aromatic heterocycles. The highest BCUT2D eigenvalue weighted by Gasteiger charge is 2.28. The molecule has 2 aliphatic rings. The van der Waals surface area contributed by atoms with E-state index in [1.165, 1.54) is 0 Å². The van der Waals surface area contributed by atoms with Crippen molar-refractivity contribution in [3.63, 3.8) is 0 Å². The van der Waals surface area contributed by atoms with Crippen molar-refractivity contribution in [1.82, 2.24) is 19.6 Å². The monoisotopic (exact) mass is 367 g/mol. The van der Waals surface area contributed by atoms with Crippen molar-refractivity contribution in [3.8, 4) is 0 Å². The molecule has 0 spiro atoms. The number of carbonyl (C=O) groups is 2. The van der Waals surface area contributed by atoms with Crippen molar-refractivity contribution in [2.45, 2.75) is 32.7 Å². The maximum Gasteiger partial charge on any atom is 0.321 e. The van der Waals surface area contributed by atoms with Gasteiger partial charge in [0.15, 0.2) is 0 Å². The van der Waals surface area contributed by atoms with Gasteiger partial charge in [-0.1, -0.05) is 12.1 Å². The lowest BCUT2D eigenvalue weighted by atomic mass is 10.1. The minimum absolute atomic E-state index is 0.0388. The molecule has 1 fully saturated rings. The third kappa shape index (κ3) is 3.67. The highest BCUT2D eigenvalue weighted by atomic mass is 16.2. The number of anilines is 1. The van der Waals surface area contributed by atoms with Crippen LogP contribution < -0.4 is 5.32 Å². The van der Waals surface area contributed by atoms with Crippen LogP contribution in [0.1, 0.15) is 34.5 Å². The molecule has 0 atom stereocenters. The number of hydrogen-bond acceptors (Lipinski definition) is 3. The van der Waals surface area contributed by atoms with Crippen LogP contribution in [0.25, 0.3) is 0 Å². The van der Waals surface area contributed by atoms with Crippen LogP contribution in [-0.2, 0) is 13.0 Å². The van der Waals surface area contributed by atoms with Gasteiger partial charge in [-0.15, -0.1) is 0 Å². The largest absolute Gasteiger partial charge is 0.335 e. The fourth-order valence-electron chi connectivity index (χ4n) is 3.81. The standard InChI is InChI=1S/C20H25N5O2/c1-15-5-4-6-16(13-15)22-20(27)24-11-9-23(10-12-24)19(26)17-14-21-25-8-3-2-7-18(17)25/h4-6,13-14H,2-3,7-12H2,1H3,(H,22,27). The Morgan fingerprint density at radius 1 is 1.04 bits per heavy atom. The Labute approximate surface area is 158 Å². The second-order valence-corrected chi connectivity index (χ2v) is 7.26. The van der Waals surface area contributed by atoms with E-state index >= 15 is 0 Å². The smallest absolute Gasteiger partial charge is 0.321 e. The number of aromatic nitrogens is 2. The highest BCUT2D eigenvalue weighted by molar-refractivity contribution is 5.95. The molecule has 0 unspecified atom stereocenters. The number of nitrogens with zero attached hydrogens (tertiary/aromatic N) is 4. The van der Waals surface area contributed by atoms with E-state index in [1.54, 1.807) is 11.1 Å². The minimum atomic E-state index is -0.115. The topological polar surface area (TPSA) is 70.5 Å². The zero-order valence-electron chi connectivity index (χ0n) is 15.6. The molecular weight excluding hydrogens is 342 g/mol. The summed E-state index contributed by atoms with van der Waals surface area (Å²) in [7, 11) is 0. The Bertz CT molecular complexity index is 852. The van der Waals surface area contributed by atoms with Crippen molar-refractivity contribution in [2.24, 2.45) is 0 Å². The van der Waals surface area contributed by atoms with Gasteiger partial charge < -0.3 is 15.1 Å². The van der Waals surface area contributed by atoms with Crippen LogP contribution in [-0.4, -0.2) is 57.7 Å². The van der Waals surface area contributed by atoms with E-state index in [0.717, 1.165) is 48.3 Å². The van der Waals surface area contributed by atoms with Crippen LogP contribution in [0.4, 0.5) is 10.5 Å². The first kappa shape index (κ1) is 17.6. The molecule has 3 heterocycles. The highest BCUT2D eigenvalue weighted by Crippen LogP contribution is 2.20. The summed E-state index contributed by atoms with van der Waals surface area (Å²) in [6, 6.07) is 7.63. The van der Waals surface area contributed by atoms with E-state index in [2.05, 4.69) is 10.4 Å². The Kier molecular flexibility index (Phi) is 4.83. The molecule has 2 aliphatic heterocycles. The third-order valence-corrected chi connectivity index (χ3v) is 5.34. The van der Waals surface area contributed by atoms with E-state index < -0.39 is 0 Å². The lowest BCUT2D eigenvalue weighted by Gasteiger charge is -2.34. The predicted molar refractivity (Wildman–Crippen MR) is 103 cm³/mol. The van der Waals surface area contributed by atoms with Gasteiger partial charge in [0.2, 0.25) is 0 Å². The van der Waals surface area contributed by atoms with Gasteiger partial charge in [0.1, 0.15) is 0 Å². The molecule has 7 heteroatoms. The molecule has 3 amide bonds. The van der Waals surface area contributed by atoms with E-state index in [4.69, 9.17) is 0 Å². The molecule has 7 nitrogen and oxygen atoms in total. The zero-order valence-corrected chi connectivity index (χ0v) is 15.6. The molecule has 142 valence electrons. The van der Waals surface area contributed by atoms with Crippen LogP contribution in [0.3, 0.4) is 0 Å². The molecule has 0 aliphatic carbocycles. The van der Waals surface area contributed by atoms with Crippen molar-refractivity contribution in [3.05, 3.63) is 47.3 Å². The summed E-state index contributed by atoms with van der Waals surface area (Å²) in [6.45, 7) is 5.06. The summed E-state index contributed by atoms with van der Waals surface area (Å²) < 4.78 is 1.96. The van der Waals surface area contributed by atoms with Crippen molar-refractivity contribution >= 4 is 17.6 Å². The van der Waals surface area contributed by atoms with E-state index in [-0.39, 0.29) is 11.9 Å². The number of nitrogens with one attached hydrogen (secondary N) is 1. The molecule has 1 N–H and O–H groups in total. The third-order valence-electron chi connectivity index (χ3n) is 5.34. The quantitative estimate of drug-likeness (QED) is 0.887. The SMILES string of the molecule is Cc1cccc(NC(=O)N2CCN(C(=O)c3cnn4c3CCCC4)CC2)c1. The first-order valence-corrected chi connectivity index (χ1v) is 9.58. The summed E-state index contributed by atoms with van der Waals surface area (Å²) in [5.74, 6) is 0.0388. The Hall–Kier alpha value is -2.83. The molecule has 0 saturated carbocycles. The number of aryl methyl sites for hydroxylation is 2. The Morgan fingerprint density at radius 3 is 2.59 bits per heavy atom. The van der Waals surface area contributed by atoms with Crippen molar-refractivity contribution < 1.29 is 9.59 Å². The van der Waals surface area contributed by atoms with E-state index in [1.807, 2.05) is 40.8 Å². The normalized spacial score (nSPS) is 16.8. The lowest BCUT2D eigenvalue weighted by Crippen LogP contribution is -2.51.